The second-order valence-corrected chi connectivity index (χ2v) is 7.10. The van der Waals surface area contributed by atoms with Crippen molar-refractivity contribution in [3.05, 3.63) is 59.9 Å². The zero-order chi connectivity index (χ0) is 17.5. The lowest BCUT2D eigenvalue weighted by molar-refractivity contribution is 0.174. The fourth-order valence-electron chi connectivity index (χ4n) is 3.38. The molecule has 1 saturated heterocycles. The quantitative estimate of drug-likeness (QED) is 0.839. The van der Waals surface area contributed by atoms with Crippen LogP contribution in [-0.4, -0.2) is 41.7 Å². The Hall–Kier alpha value is -1.91. The highest BCUT2D eigenvalue weighted by atomic mass is 16.5. The molecule has 2 heterocycles. The number of aromatic nitrogens is 1. The molecule has 1 aromatic heterocycles. The molecule has 1 aliphatic heterocycles. The van der Waals surface area contributed by atoms with Crippen molar-refractivity contribution < 1.29 is 4.74 Å². The number of hydrogen-bond acceptors (Lipinski definition) is 4. The minimum absolute atomic E-state index is 0.359. The summed E-state index contributed by atoms with van der Waals surface area (Å²) in [6, 6.07) is 13.4. The van der Waals surface area contributed by atoms with Gasteiger partial charge in [-0.3, -0.25) is 9.88 Å². The van der Waals surface area contributed by atoms with Crippen molar-refractivity contribution in [3.8, 4) is 5.75 Å². The van der Waals surface area contributed by atoms with Gasteiger partial charge in [0.2, 0.25) is 0 Å². The fraction of sp³-hybridized carbons (Fsp3) is 0.476. The van der Waals surface area contributed by atoms with Gasteiger partial charge in [-0.2, -0.15) is 0 Å². The predicted molar refractivity (Wildman–Crippen MR) is 102 cm³/mol. The molecule has 0 aliphatic carbocycles. The Balaban J connectivity index is 1.37. The van der Waals surface area contributed by atoms with Gasteiger partial charge in [0.1, 0.15) is 12.4 Å². The average Bonchev–Trinajstić information content (AvgIpc) is 2.63. The number of hydrogen-bond donors (Lipinski definition) is 1. The summed E-state index contributed by atoms with van der Waals surface area (Å²) in [6.45, 7) is 8.33. The Morgan fingerprint density at radius 3 is 2.68 bits per heavy atom. The second-order valence-electron chi connectivity index (χ2n) is 7.10. The van der Waals surface area contributed by atoms with E-state index in [9.17, 15) is 0 Å². The number of nitrogens with one attached hydrogen (secondary N) is 1. The van der Waals surface area contributed by atoms with Gasteiger partial charge in [0.25, 0.3) is 0 Å². The van der Waals surface area contributed by atoms with E-state index in [4.69, 9.17) is 4.74 Å². The monoisotopic (exact) mass is 339 g/mol. The van der Waals surface area contributed by atoms with Gasteiger partial charge in [-0.15, -0.1) is 0 Å². The molecule has 0 saturated carbocycles. The molecule has 1 fully saturated rings. The van der Waals surface area contributed by atoms with Crippen molar-refractivity contribution in [1.82, 2.24) is 15.2 Å². The normalized spacial score (nSPS) is 17.4. The van der Waals surface area contributed by atoms with Crippen LogP contribution in [0.3, 0.4) is 0 Å². The molecular weight excluding hydrogens is 310 g/mol. The molecule has 2 aromatic rings. The predicted octanol–water partition coefficient (Wildman–Crippen LogP) is 3.41. The van der Waals surface area contributed by atoms with E-state index in [0.717, 1.165) is 25.4 Å². The Bertz CT molecular complexity index is 639. The summed E-state index contributed by atoms with van der Waals surface area (Å²) in [5, 5.41) is 3.73. The zero-order valence-corrected chi connectivity index (χ0v) is 15.3. The number of aryl methyl sites for hydroxylation is 1. The van der Waals surface area contributed by atoms with Crippen LogP contribution in [0.5, 0.6) is 5.75 Å². The molecule has 25 heavy (non-hydrogen) atoms. The van der Waals surface area contributed by atoms with Gasteiger partial charge in [0.05, 0.1) is 0 Å². The van der Waals surface area contributed by atoms with Crippen LogP contribution in [0.2, 0.25) is 0 Å². The minimum atomic E-state index is 0.359. The molecular formula is C21H29N3O. The number of nitrogens with zero attached hydrogens (tertiary/aromatic N) is 2. The van der Waals surface area contributed by atoms with Gasteiger partial charge < -0.3 is 10.1 Å². The minimum Gasteiger partial charge on any atom is -0.492 e. The van der Waals surface area contributed by atoms with Gasteiger partial charge in [0.15, 0.2) is 0 Å². The first kappa shape index (κ1) is 17.9. The largest absolute Gasteiger partial charge is 0.492 e. The van der Waals surface area contributed by atoms with E-state index in [1.54, 1.807) is 0 Å². The Morgan fingerprint density at radius 1 is 1.20 bits per heavy atom. The molecule has 1 unspecified atom stereocenters. The Morgan fingerprint density at radius 2 is 1.96 bits per heavy atom. The first-order valence-electron chi connectivity index (χ1n) is 9.26. The van der Waals surface area contributed by atoms with Crippen LogP contribution in [-0.2, 0) is 6.54 Å². The van der Waals surface area contributed by atoms with E-state index in [-0.39, 0.29) is 0 Å². The van der Waals surface area contributed by atoms with E-state index in [1.165, 1.54) is 24.0 Å². The first-order chi connectivity index (χ1) is 12.2. The molecule has 0 bridgehead atoms. The summed E-state index contributed by atoms with van der Waals surface area (Å²) in [7, 11) is 0. The third-order valence-electron chi connectivity index (χ3n) is 4.75. The Labute approximate surface area is 151 Å². The highest BCUT2D eigenvalue weighted by Gasteiger charge is 2.20. The van der Waals surface area contributed by atoms with Crippen LogP contribution >= 0.6 is 0 Å². The number of pyridine rings is 1. The summed E-state index contributed by atoms with van der Waals surface area (Å²) in [5.41, 5.74) is 2.58. The van der Waals surface area contributed by atoms with E-state index in [1.807, 2.05) is 24.5 Å². The van der Waals surface area contributed by atoms with Crippen LogP contribution in [0.4, 0.5) is 0 Å². The molecule has 0 amide bonds. The first-order valence-corrected chi connectivity index (χ1v) is 9.26. The van der Waals surface area contributed by atoms with Crippen LogP contribution in [0.25, 0.3) is 0 Å². The SMILES string of the molecule is Cc1cccc(OCC(C)NC2CCN(Cc3ccncc3)CC2)c1. The summed E-state index contributed by atoms with van der Waals surface area (Å²) in [6.07, 6.45) is 6.14. The van der Waals surface area contributed by atoms with Crippen LogP contribution in [0, 0.1) is 6.92 Å². The molecule has 1 N–H and O–H groups in total. The molecule has 4 nitrogen and oxygen atoms in total. The zero-order valence-electron chi connectivity index (χ0n) is 15.3. The number of piperidine rings is 1. The summed E-state index contributed by atoms with van der Waals surface area (Å²) in [4.78, 5) is 6.62. The van der Waals surface area contributed by atoms with Gasteiger partial charge >= 0.3 is 0 Å². The summed E-state index contributed by atoms with van der Waals surface area (Å²) in [5.74, 6) is 0.959. The van der Waals surface area contributed by atoms with Gasteiger partial charge in [-0.1, -0.05) is 12.1 Å². The number of ether oxygens (including phenoxy) is 1. The molecule has 0 spiro atoms. The van der Waals surface area contributed by atoms with E-state index < -0.39 is 0 Å². The molecule has 4 heteroatoms. The summed E-state index contributed by atoms with van der Waals surface area (Å²) < 4.78 is 5.91. The number of rotatable bonds is 7. The number of likely N-dealkylation sites (tertiary alicyclic amines) is 1. The van der Waals surface area contributed by atoms with Gasteiger partial charge in [-0.05, 0) is 75.2 Å². The van der Waals surface area contributed by atoms with Crippen molar-refractivity contribution >= 4 is 0 Å². The molecule has 1 aromatic carbocycles. The average molecular weight is 339 g/mol. The lowest BCUT2D eigenvalue weighted by Crippen LogP contribution is -2.46. The lowest BCUT2D eigenvalue weighted by atomic mass is 10.0. The molecule has 134 valence electrons. The maximum atomic E-state index is 5.91. The van der Waals surface area contributed by atoms with Crippen LogP contribution in [0.15, 0.2) is 48.8 Å². The van der Waals surface area contributed by atoms with E-state index in [0.29, 0.717) is 18.7 Å². The van der Waals surface area contributed by atoms with Crippen molar-refractivity contribution in [3.63, 3.8) is 0 Å². The lowest BCUT2D eigenvalue weighted by Gasteiger charge is -2.34. The molecule has 0 radical (unpaired) electrons. The van der Waals surface area contributed by atoms with Crippen molar-refractivity contribution in [2.45, 2.75) is 45.3 Å². The van der Waals surface area contributed by atoms with Crippen molar-refractivity contribution in [1.29, 1.82) is 0 Å². The summed E-state index contributed by atoms with van der Waals surface area (Å²) >= 11 is 0. The molecule has 3 rings (SSSR count). The smallest absolute Gasteiger partial charge is 0.119 e. The second kappa shape index (κ2) is 8.97. The highest BCUT2D eigenvalue weighted by Crippen LogP contribution is 2.15. The van der Waals surface area contributed by atoms with Crippen LogP contribution in [0.1, 0.15) is 30.9 Å². The highest BCUT2D eigenvalue weighted by molar-refractivity contribution is 5.27. The van der Waals surface area contributed by atoms with Crippen molar-refractivity contribution in [2.75, 3.05) is 19.7 Å². The standard InChI is InChI=1S/C21H29N3O/c1-17-4-3-5-21(14-17)25-16-18(2)23-20-8-12-24(13-9-20)15-19-6-10-22-11-7-19/h3-7,10-11,14,18,20,23H,8-9,12-13,15-16H2,1-2H3. The maximum Gasteiger partial charge on any atom is 0.119 e. The van der Waals surface area contributed by atoms with Crippen molar-refractivity contribution in [2.24, 2.45) is 0 Å². The van der Waals surface area contributed by atoms with Gasteiger partial charge in [-0.25, -0.2) is 0 Å². The third-order valence-corrected chi connectivity index (χ3v) is 4.75. The van der Waals surface area contributed by atoms with Crippen LogP contribution < -0.4 is 10.1 Å². The topological polar surface area (TPSA) is 37.4 Å². The van der Waals surface area contributed by atoms with Gasteiger partial charge in [0, 0.05) is 31.0 Å². The molecule has 1 atom stereocenters. The van der Waals surface area contributed by atoms with E-state index in [2.05, 4.69) is 53.3 Å². The maximum absolute atomic E-state index is 5.91. The molecule has 1 aliphatic rings. The number of benzene rings is 1. The van der Waals surface area contributed by atoms with E-state index >= 15 is 0 Å². The fourth-order valence-corrected chi connectivity index (χ4v) is 3.38. The Kier molecular flexibility index (Phi) is 6.42. The third kappa shape index (κ3) is 5.83.